The number of benzene rings is 1. The van der Waals surface area contributed by atoms with Crippen molar-refractivity contribution in [1.82, 2.24) is 0 Å². The van der Waals surface area contributed by atoms with Gasteiger partial charge in [-0.05, 0) is 43.4 Å². The third-order valence-corrected chi connectivity index (χ3v) is 3.73. The van der Waals surface area contributed by atoms with E-state index in [0.29, 0.717) is 24.0 Å². The molecule has 0 spiro atoms. The van der Waals surface area contributed by atoms with Crippen LogP contribution in [0.15, 0.2) is 18.2 Å². The molecule has 0 aliphatic heterocycles. The first-order valence-corrected chi connectivity index (χ1v) is 7.08. The van der Waals surface area contributed by atoms with Gasteiger partial charge in [0.05, 0.1) is 13.2 Å². The summed E-state index contributed by atoms with van der Waals surface area (Å²) in [6.45, 7) is 2.72. The van der Waals surface area contributed by atoms with Crippen molar-refractivity contribution in [1.29, 1.82) is 0 Å². The van der Waals surface area contributed by atoms with E-state index in [0.717, 1.165) is 19.4 Å². The number of halogens is 1. The van der Waals surface area contributed by atoms with Crippen LogP contribution >= 0.6 is 0 Å². The van der Waals surface area contributed by atoms with Gasteiger partial charge >= 0.3 is 0 Å². The predicted octanol–water partition coefficient (Wildman–Crippen LogP) is 3.15. The highest BCUT2D eigenvalue weighted by molar-refractivity contribution is 5.81. The summed E-state index contributed by atoms with van der Waals surface area (Å²) in [7, 11) is 1.43. The van der Waals surface area contributed by atoms with E-state index in [1.807, 2.05) is 6.92 Å². The van der Waals surface area contributed by atoms with Gasteiger partial charge < -0.3 is 9.47 Å². The molecule has 0 bridgehead atoms. The Kier molecular flexibility index (Phi) is 5.12. The molecule has 3 nitrogen and oxygen atoms in total. The molecule has 0 amide bonds. The molecule has 1 aromatic rings. The molecule has 1 aromatic carbocycles. The van der Waals surface area contributed by atoms with Crippen LogP contribution in [-0.4, -0.2) is 25.6 Å². The maximum Gasteiger partial charge on any atom is 0.165 e. The minimum atomic E-state index is -0.419. The molecule has 0 N–H and O–H groups in total. The Bertz CT molecular complexity index is 467. The van der Waals surface area contributed by atoms with Crippen molar-refractivity contribution < 1.29 is 18.7 Å². The number of ether oxygens (including phenoxy) is 2. The molecule has 1 fully saturated rings. The quantitative estimate of drug-likeness (QED) is 0.769. The van der Waals surface area contributed by atoms with Crippen LogP contribution in [0.5, 0.6) is 5.75 Å². The minimum Gasteiger partial charge on any atom is -0.494 e. The van der Waals surface area contributed by atoms with E-state index >= 15 is 0 Å². The molecule has 0 aromatic heterocycles. The van der Waals surface area contributed by atoms with Crippen LogP contribution in [0, 0.1) is 11.7 Å². The highest BCUT2D eigenvalue weighted by Gasteiger charge is 2.30. The van der Waals surface area contributed by atoms with Gasteiger partial charge in [0.2, 0.25) is 0 Å². The van der Waals surface area contributed by atoms with Crippen LogP contribution in [0.1, 0.15) is 31.7 Å². The van der Waals surface area contributed by atoms with Crippen molar-refractivity contribution in [3.8, 4) is 5.75 Å². The number of carbonyl (C=O) groups is 1. The molecule has 110 valence electrons. The number of methoxy groups -OCH3 is 1. The first-order chi connectivity index (χ1) is 9.62. The first-order valence-electron chi connectivity index (χ1n) is 7.08. The number of rotatable bonds is 7. The molecule has 1 aliphatic carbocycles. The Labute approximate surface area is 119 Å². The summed E-state index contributed by atoms with van der Waals surface area (Å²) in [6, 6.07) is 4.68. The Balaban J connectivity index is 1.79. The van der Waals surface area contributed by atoms with Gasteiger partial charge in [-0.25, -0.2) is 4.39 Å². The van der Waals surface area contributed by atoms with Crippen LogP contribution in [-0.2, 0) is 16.0 Å². The molecule has 0 unspecified atom stereocenters. The third-order valence-electron chi connectivity index (χ3n) is 3.73. The van der Waals surface area contributed by atoms with Crippen molar-refractivity contribution >= 4 is 5.78 Å². The second-order valence-corrected chi connectivity index (χ2v) is 5.30. The fourth-order valence-corrected chi connectivity index (χ4v) is 2.65. The predicted molar refractivity (Wildman–Crippen MR) is 74.4 cm³/mol. The van der Waals surface area contributed by atoms with Gasteiger partial charge in [0, 0.05) is 19.4 Å². The normalized spacial score (nSPS) is 21.4. The Morgan fingerprint density at radius 3 is 2.75 bits per heavy atom. The van der Waals surface area contributed by atoms with Gasteiger partial charge in [-0.1, -0.05) is 6.07 Å². The van der Waals surface area contributed by atoms with E-state index in [4.69, 9.17) is 9.47 Å². The van der Waals surface area contributed by atoms with Crippen molar-refractivity contribution in [2.45, 2.75) is 38.7 Å². The topological polar surface area (TPSA) is 35.5 Å². The second-order valence-electron chi connectivity index (χ2n) is 5.30. The monoisotopic (exact) mass is 280 g/mol. The lowest BCUT2D eigenvalue weighted by atomic mass is 9.78. The Morgan fingerprint density at radius 1 is 1.40 bits per heavy atom. The number of carbonyl (C=O) groups excluding carboxylic acids is 1. The number of Topliss-reactive ketones (excluding diaryl/α,β-unsaturated/α-hetero) is 1. The highest BCUT2D eigenvalue weighted by atomic mass is 19.1. The van der Waals surface area contributed by atoms with Gasteiger partial charge in [-0.2, -0.15) is 0 Å². The van der Waals surface area contributed by atoms with Gasteiger partial charge in [-0.3, -0.25) is 4.79 Å². The second kappa shape index (κ2) is 6.84. The summed E-state index contributed by atoms with van der Waals surface area (Å²) in [5.74, 6) is 0.384. The minimum absolute atomic E-state index is 0.162. The largest absolute Gasteiger partial charge is 0.494 e. The smallest absolute Gasteiger partial charge is 0.165 e. The highest BCUT2D eigenvalue weighted by Crippen LogP contribution is 2.33. The zero-order valence-electron chi connectivity index (χ0n) is 12.0. The fraction of sp³-hybridized carbons (Fsp3) is 0.562. The van der Waals surface area contributed by atoms with E-state index in [1.165, 1.54) is 13.2 Å². The van der Waals surface area contributed by atoms with Crippen molar-refractivity contribution in [2.75, 3.05) is 13.7 Å². The third kappa shape index (κ3) is 3.79. The van der Waals surface area contributed by atoms with E-state index in [9.17, 15) is 9.18 Å². The molecule has 0 heterocycles. The molecule has 1 saturated carbocycles. The fourth-order valence-electron chi connectivity index (χ4n) is 2.65. The molecule has 4 heteroatoms. The molecular weight excluding hydrogens is 259 g/mol. The Hall–Kier alpha value is -1.42. The number of hydrogen-bond donors (Lipinski definition) is 0. The molecule has 1 aliphatic rings. The molecular formula is C16H21FO3. The summed E-state index contributed by atoms with van der Waals surface area (Å²) < 4.78 is 23.9. The van der Waals surface area contributed by atoms with Gasteiger partial charge in [0.1, 0.15) is 5.78 Å². The molecule has 20 heavy (non-hydrogen) atoms. The molecule has 0 radical (unpaired) electrons. The van der Waals surface area contributed by atoms with Gasteiger partial charge in [0.15, 0.2) is 11.6 Å². The summed E-state index contributed by atoms with van der Waals surface area (Å²) in [4.78, 5) is 12.0. The van der Waals surface area contributed by atoms with Crippen LogP contribution < -0.4 is 4.74 Å². The zero-order chi connectivity index (χ0) is 14.5. The summed E-state index contributed by atoms with van der Waals surface area (Å²) in [5, 5.41) is 0. The van der Waals surface area contributed by atoms with Crippen LogP contribution in [0.25, 0.3) is 0 Å². The molecule has 0 atom stereocenters. The maximum absolute atomic E-state index is 13.5. The van der Waals surface area contributed by atoms with Crippen LogP contribution in [0.3, 0.4) is 0 Å². The van der Waals surface area contributed by atoms with Crippen LogP contribution in [0.4, 0.5) is 4.39 Å². The van der Waals surface area contributed by atoms with Crippen molar-refractivity contribution in [3.05, 3.63) is 29.6 Å². The summed E-state index contributed by atoms with van der Waals surface area (Å²) >= 11 is 0. The van der Waals surface area contributed by atoms with Crippen LogP contribution in [0.2, 0.25) is 0 Å². The number of hydrogen-bond acceptors (Lipinski definition) is 3. The van der Waals surface area contributed by atoms with E-state index < -0.39 is 5.82 Å². The SMILES string of the molecule is CCOC1CC(CC(=O)Cc2ccc(OC)c(F)c2)C1. The van der Waals surface area contributed by atoms with E-state index in [-0.39, 0.29) is 18.0 Å². The van der Waals surface area contributed by atoms with Gasteiger partial charge in [-0.15, -0.1) is 0 Å². The Morgan fingerprint density at radius 2 is 2.15 bits per heavy atom. The lowest BCUT2D eigenvalue weighted by molar-refractivity contribution is -0.121. The average molecular weight is 280 g/mol. The van der Waals surface area contributed by atoms with Crippen molar-refractivity contribution in [2.24, 2.45) is 5.92 Å². The maximum atomic E-state index is 13.5. The van der Waals surface area contributed by atoms with E-state index in [1.54, 1.807) is 12.1 Å². The van der Waals surface area contributed by atoms with E-state index in [2.05, 4.69) is 0 Å². The lowest BCUT2D eigenvalue weighted by Crippen LogP contribution is -2.33. The summed E-state index contributed by atoms with van der Waals surface area (Å²) in [6.07, 6.45) is 3.12. The standard InChI is InChI=1S/C16H21FO3/c1-3-20-14-8-12(9-14)7-13(18)6-11-4-5-16(19-2)15(17)10-11/h4-5,10,12,14H,3,6-9H2,1-2H3. The zero-order valence-corrected chi connectivity index (χ0v) is 12.0. The molecule has 2 rings (SSSR count). The first kappa shape index (κ1) is 15.0. The van der Waals surface area contributed by atoms with Gasteiger partial charge in [0.25, 0.3) is 0 Å². The molecule has 0 saturated heterocycles. The van der Waals surface area contributed by atoms with Crippen molar-refractivity contribution in [3.63, 3.8) is 0 Å². The summed E-state index contributed by atoms with van der Waals surface area (Å²) in [5.41, 5.74) is 0.703. The lowest BCUT2D eigenvalue weighted by Gasteiger charge is -2.34. The average Bonchev–Trinajstić information content (AvgIpc) is 2.36. The number of ketones is 1.